The van der Waals surface area contributed by atoms with Crippen LogP contribution in [-0.4, -0.2) is 21.6 Å². The van der Waals surface area contributed by atoms with E-state index >= 15 is 0 Å². The van der Waals surface area contributed by atoms with Crippen molar-refractivity contribution < 1.29 is 4.79 Å². The van der Waals surface area contributed by atoms with E-state index in [0.717, 1.165) is 33.1 Å². The van der Waals surface area contributed by atoms with Gasteiger partial charge < -0.3 is 0 Å². The van der Waals surface area contributed by atoms with Crippen molar-refractivity contribution in [3.8, 4) is 0 Å². The molecule has 158 valence electrons. The van der Waals surface area contributed by atoms with E-state index in [1.165, 1.54) is 16.0 Å². The van der Waals surface area contributed by atoms with Crippen molar-refractivity contribution >= 4 is 44.4 Å². The fourth-order valence-electron chi connectivity index (χ4n) is 3.48. The number of amides is 1. The van der Waals surface area contributed by atoms with Crippen LogP contribution in [0.2, 0.25) is 0 Å². The average Bonchev–Trinajstić information content (AvgIpc) is 3.20. The molecule has 2 aromatic carbocycles. The summed E-state index contributed by atoms with van der Waals surface area (Å²) in [4.78, 5) is 25.3. The number of aromatic nitrogens is 2. The van der Waals surface area contributed by atoms with Crippen molar-refractivity contribution in [1.29, 1.82) is 0 Å². The van der Waals surface area contributed by atoms with E-state index in [9.17, 15) is 4.79 Å². The fourth-order valence-corrected chi connectivity index (χ4v) is 5.38. The van der Waals surface area contributed by atoms with Crippen LogP contribution in [0, 0.1) is 13.8 Å². The number of hydrogen-bond acceptors (Lipinski definition) is 5. The molecule has 0 saturated carbocycles. The molecule has 0 radical (unpaired) electrons. The molecule has 2 aromatic heterocycles. The molecule has 0 unspecified atom stereocenters. The van der Waals surface area contributed by atoms with Gasteiger partial charge in [0.1, 0.15) is 0 Å². The van der Waals surface area contributed by atoms with Crippen LogP contribution < -0.4 is 4.90 Å². The zero-order valence-corrected chi connectivity index (χ0v) is 19.4. The maximum atomic E-state index is 13.3. The smallest absolute Gasteiger partial charge is 0.229 e. The third-order valence-corrected chi connectivity index (χ3v) is 7.31. The predicted molar refractivity (Wildman–Crippen MR) is 131 cm³/mol. The number of hydrogen-bond donors (Lipinski definition) is 0. The van der Waals surface area contributed by atoms with Crippen LogP contribution in [0.1, 0.15) is 29.5 Å². The summed E-state index contributed by atoms with van der Waals surface area (Å²) < 4.78 is 1.15. The van der Waals surface area contributed by atoms with Gasteiger partial charge in [-0.1, -0.05) is 35.6 Å². The maximum Gasteiger partial charge on any atom is 0.229 e. The highest BCUT2D eigenvalue weighted by Crippen LogP contribution is 2.33. The van der Waals surface area contributed by atoms with Crippen molar-refractivity contribution in [2.24, 2.45) is 0 Å². The van der Waals surface area contributed by atoms with Gasteiger partial charge >= 0.3 is 0 Å². The Kier molecular flexibility index (Phi) is 6.99. The Morgan fingerprint density at radius 1 is 1.06 bits per heavy atom. The van der Waals surface area contributed by atoms with Crippen molar-refractivity contribution in [2.45, 2.75) is 38.1 Å². The minimum atomic E-state index is 0.110. The fraction of sp³-hybridized carbons (Fsp3) is 0.240. The number of benzene rings is 2. The lowest BCUT2D eigenvalue weighted by molar-refractivity contribution is -0.118. The van der Waals surface area contributed by atoms with Gasteiger partial charge in [0.15, 0.2) is 5.13 Å². The standard InChI is InChI=1S/C25H25N3OS2/c1-18-15-19(2)24-22(16-18)27-25(31-24)28(17-20-10-12-26-13-11-20)23(29)9-6-14-30-21-7-4-3-5-8-21/h3-5,7-8,10-13,15-16H,6,9,14,17H2,1-2H3. The second-order valence-corrected chi connectivity index (χ2v) is 9.67. The SMILES string of the molecule is Cc1cc(C)c2sc(N(Cc3ccncc3)C(=O)CCCSc3ccccc3)nc2c1. The Bertz CT molecular complexity index is 1160. The number of carbonyl (C=O) groups excluding carboxylic acids is 1. The topological polar surface area (TPSA) is 46.1 Å². The Hall–Kier alpha value is -2.70. The van der Waals surface area contributed by atoms with Crippen LogP contribution in [0.15, 0.2) is 71.9 Å². The van der Waals surface area contributed by atoms with Gasteiger partial charge in [-0.3, -0.25) is 14.7 Å². The Morgan fingerprint density at radius 2 is 1.84 bits per heavy atom. The minimum absolute atomic E-state index is 0.110. The molecule has 4 rings (SSSR count). The first-order valence-electron chi connectivity index (χ1n) is 10.3. The Labute approximate surface area is 191 Å². The van der Waals surface area contributed by atoms with Gasteiger partial charge in [0, 0.05) is 23.7 Å². The number of thiazole rings is 1. The van der Waals surface area contributed by atoms with Crippen LogP contribution >= 0.6 is 23.1 Å². The average molecular weight is 448 g/mol. The van der Waals surface area contributed by atoms with E-state index < -0.39 is 0 Å². The minimum Gasteiger partial charge on any atom is -0.284 e. The first kappa shape index (κ1) is 21.5. The highest BCUT2D eigenvalue weighted by atomic mass is 32.2. The third-order valence-electron chi connectivity index (χ3n) is 4.98. The van der Waals surface area contributed by atoms with Crippen molar-refractivity contribution in [2.75, 3.05) is 10.7 Å². The zero-order chi connectivity index (χ0) is 21.6. The number of nitrogens with zero attached hydrogens (tertiary/aromatic N) is 3. The van der Waals surface area contributed by atoms with Gasteiger partial charge in [0.2, 0.25) is 5.91 Å². The molecule has 0 aliphatic carbocycles. The van der Waals surface area contributed by atoms with E-state index in [1.54, 1.807) is 35.5 Å². The molecule has 1 amide bonds. The molecule has 0 saturated heterocycles. The van der Waals surface area contributed by atoms with Crippen LogP contribution in [0.5, 0.6) is 0 Å². The number of carbonyl (C=O) groups is 1. The number of thioether (sulfide) groups is 1. The normalized spacial score (nSPS) is 11.0. The summed E-state index contributed by atoms with van der Waals surface area (Å²) in [6, 6.07) is 18.5. The Balaban J connectivity index is 1.51. The number of fused-ring (bicyclic) bond motifs is 1. The molecule has 0 fully saturated rings. The van der Waals surface area contributed by atoms with Crippen molar-refractivity contribution in [1.82, 2.24) is 9.97 Å². The van der Waals surface area contributed by atoms with E-state index in [1.807, 2.05) is 35.2 Å². The molecular formula is C25H25N3OS2. The molecule has 0 N–H and O–H groups in total. The molecule has 6 heteroatoms. The molecule has 0 aliphatic heterocycles. The number of rotatable bonds is 8. The van der Waals surface area contributed by atoms with Crippen LogP contribution in [0.3, 0.4) is 0 Å². The highest BCUT2D eigenvalue weighted by molar-refractivity contribution is 7.99. The monoisotopic (exact) mass is 447 g/mol. The maximum absolute atomic E-state index is 13.3. The van der Waals surface area contributed by atoms with E-state index in [4.69, 9.17) is 4.98 Å². The molecule has 4 aromatic rings. The van der Waals surface area contributed by atoms with Crippen molar-refractivity contribution in [3.05, 3.63) is 83.7 Å². The van der Waals surface area contributed by atoms with Crippen molar-refractivity contribution in [3.63, 3.8) is 0 Å². The second-order valence-electron chi connectivity index (χ2n) is 7.53. The third kappa shape index (κ3) is 5.51. The van der Waals surface area contributed by atoms with E-state index in [-0.39, 0.29) is 5.91 Å². The largest absolute Gasteiger partial charge is 0.284 e. The predicted octanol–water partition coefficient (Wildman–Crippen LogP) is 6.41. The number of anilines is 1. The van der Waals surface area contributed by atoms with E-state index in [0.29, 0.717) is 13.0 Å². The summed E-state index contributed by atoms with van der Waals surface area (Å²) in [6.07, 6.45) is 4.85. The van der Waals surface area contributed by atoms with Gasteiger partial charge in [0.25, 0.3) is 0 Å². The molecular weight excluding hydrogens is 422 g/mol. The van der Waals surface area contributed by atoms with Crippen LogP contribution in [0.25, 0.3) is 10.2 Å². The number of aryl methyl sites for hydroxylation is 2. The molecule has 31 heavy (non-hydrogen) atoms. The molecule has 2 heterocycles. The van der Waals surface area contributed by atoms with Gasteiger partial charge in [-0.25, -0.2) is 4.98 Å². The summed E-state index contributed by atoms with van der Waals surface area (Å²) in [5, 5.41) is 0.765. The van der Waals surface area contributed by atoms with Crippen LogP contribution in [0.4, 0.5) is 5.13 Å². The molecule has 4 nitrogen and oxygen atoms in total. The quantitative estimate of drug-likeness (QED) is 0.231. The van der Waals surface area contributed by atoms with Crippen LogP contribution in [-0.2, 0) is 11.3 Å². The van der Waals surface area contributed by atoms with Gasteiger partial charge in [-0.05, 0) is 73.0 Å². The first-order chi connectivity index (χ1) is 15.1. The molecule has 0 spiro atoms. The zero-order valence-electron chi connectivity index (χ0n) is 17.7. The summed E-state index contributed by atoms with van der Waals surface area (Å²) in [5.41, 5.74) is 4.40. The lowest BCUT2D eigenvalue weighted by Gasteiger charge is -2.20. The summed E-state index contributed by atoms with van der Waals surface area (Å²) >= 11 is 3.39. The first-order valence-corrected chi connectivity index (χ1v) is 12.2. The summed E-state index contributed by atoms with van der Waals surface area (Å²) in [6.45, 7) is 4.69. The van der Waals surface area contributed by atoms with E-state index in [2.05, 4.69) is 43.1 Å². The number of pyridine rings is 1. The summed E-state index contributed by atoms with van der Waals surface area (Å²) in [5.74, 6) is 1.02. The lowest BCUT2D eigenvalue weighted by Crippen LogP contribution is -2.30. The molecule has 0 bridgehead atoms. The molecule has 0 aliphatic rings. The van der Waals surface area contributed by atoms with Gasteiger partial charge in [-0.2, -0.15) is 0 Å². The highest BCUT2D eigenvalue weighted by Gasteiger charge is 2.20. The molecule has 0 atom stereocenters. The van der Waals surface area contributed by atoms with Gasteiger partial charge in [-0.15, -0.1) is 11.8 Å². The lowest BCUT2D eigenvalue weighted by atomic mass is 10.1. The second kappa shape index (κ2) is 10.1. The summed E-state index contributed by atoms with van der Waals surface area (Å²) in [7, 11) is 0. The van der Waals surface area contributed by atoms with Gasteiger partial charge in [0.05, 0.1) is 16.8 Å². The Morgan fingerprint density at radius 3 is 2.61 bits per heavy atom.